The summed E-state index contributed by atoms with van der Waals surface area (Å²) in [6.07, 6.45) is -2.56. The lowest BCUT2D eigenvalue weighted by atomic mass is 9.82. The molecule has 0 amide bonds. The molecule has 21 heavy (non-hydrogen) atoms. The number of hydrogen-bond donors (Lipinski definition) is 1. The molecule has 0 bridgehead atoms. The Morgan fingerprint density at radius 3 is 2.33 bits per heavy atom. The summed E-state index contributed by atoms with van der Waals surface area (Å²) in [7, 11) is 0. The molecule has 3 nitrogen and oxygen atoms in total. The monoisotopic (exact) mass is 311 g/mol. The average molecular weight is 311 g/mol. The lowest BCUT2D eigenvalue weighted by Gasteiger charge is -2.33. The summed E-state index contributed by atoms with van der Waals surface area (Å²) in [5.41, 5.74) is -0.638. The highest BCUT2D eigenvalue weighted by molar-refractivity contribution is 4.99. The molecule has 1 fully saturated rings. The van der Waals surface area contributed by atoms with Gasteiger partial charge in [0.1, 0.15) is 6.61 Å². The van der Waals surface area contributed by atoms with E-state index in [-0.39, 0.29) is 29.8 Å². The van der Waals surface area contributed by atoms with Gasteiger partial charge in [-0.3, -0.25) is 0 Å². The average Bonchev–Trinajstić information content (AvgIpc) is 2.50. The van der Waals surface area contributed by atoms with Crippen molar-refractivity contribution in [2.45, 2.75) is 70.9 Å². The zero-order valence-electron chi connectivity index (χ0n) is 13.6. The third-order valence-corrected chi connectivity index (χ3v) is 3.85. The fraction of sp³-hybridized carbons (Fsp3) is 1.00. The maximum Gasteiger partial charge on any atom is 0.411 e. The van der Waals surface area contributed by atoms with Crippen LogP contribution in [0.4, 0.5) is 13.2 Å². The molecule has 0 aromatic rings. The minimum absolute atomic E-state index is 0.0487. The highest BCUT2D eigenvalue weighted by Crippen LogP contribution is 2.43. The van der Waals surface area contributed by atoms with Crippen molar-refractivity contribution in [2.75, 3.05) is 19.8 Å². The van der Waals surface area contributed by atoms with Crippen molar-refractivity contribution < 1.29 is 22.6 Å². The van der Waals surface area contributed by atoms with E-state index in [9.17, 15) is 13.2 Å². The molecule has 0 radical (unpaired) electrons. The minimum atomic E-state index is -4.28. The Kier molecular flexibility index (Phi) is 6.09. The molecule has 0 aromatic carbocycles. The van der Waals surface area contributed by atoms with E-state index in [4.69, 9.17) is 9.47 Å². The van der Waals surface area contributed by atoms with Crippen LogP contribution in [-0.4, -0.2) is 43.2 Å². The van der Waals surface area contributed by atoms with Gasteiger partial charge in [-0.25, -0.2) is 0 Å². The van der Waals surface area contributed by atoms with Crippen molar-refractivity contribution in [1.29, 1.82) is 0 Å². The summed E-state index contributed by atoms with van der Waals surface area (Å²) in [4.78, 5) is 0. The lowest BCUT2D eigenvalue weighted by molar-refractivity contribution is -0.176. The van der Waals surface area contributed by atoms with Gasteiger partial charge in [0.2, 0.25) is 0 Å². The number of halogens is 3. The fourth-order valence-corrected chi connectivity index (χ4v) is 3.18. The zero-order valence-corrected chi connectivity index (χ0v) is 13.6. The van der Waals surface area contributed by atoms with Gasteiger partial charge >= 0.3 is 6.18 Å². The molecule has 1 aliphatic heterocycles. The summed E-state index contributed by atoms with van der Waals surface area (Å²) in [5, 5.41) is 3.32. The normalized spacial score (nSPS) is 26.0. The van der Waals surface area contributed by atoms with E-state index in [1.807, 2.05) is 34.6 Å². The number of hydrogen-bond acceptors (Lipinski definition) is 3. The highest BCUT2D eigenvalue weighted by atomic mass is 19.4. The Morgan fingerprint density at radius 1 is 1.29 bits per heavy atom. The summed E-state index contributed by atoms with van der Waals surface area (Å²) in [6.45, 7) is 9.66. The SMILES string of the molecule is CCCNC(COCC(F)(F)F)C1CC(C)(C)OC1(C)C. The van der Waals surface area contributed by atoms with Crippen LogP contribution >= 0.6 is 0 Å². The van der Waals surface area contributed by atoms with Crippen molar-refractivity contribution in [3.63, 3.8) is 0 Å². The van der Waals surface area contributed by atoms with E-state index in [2.05, 4.69) is 5.32 Å². The molecule has 6 heteroatoms. The van der Waals surface area contributed by atoms with Crippen LogP contribution in [0.1, 0.15) is 47.5 Å². The topological polar surface area (TPSA) is 30.5 Å². The van der Waals surface area contributed by atoms with Gasteiger partial charge in [-0.15, -0.1) is 0 Å². The fourth-order valence-electron chi connectivity index (χ4n) is 3.18. The van der Waals surface area contributed by atoms with E-state index >= 15 is 0 Å². The Bertz CT molecular complexity index is 329. The first-order valence-corrected chi connectivity index (χ1v) is 7.55. The van der Waals surface area contributed by atoms with Gasteiger partial charge in [0.05, 0.1) is 17.8 Å². The van der Waals surface area contributed by atoms with Crippen LogP contribution in [0, 0.1) is 5.92 Å². The van der Waals surface area contributed by atoms with Crippen molar-refractivity contribution in [3.05, 3.63) is 0 Å². The largest absolute Gasteiger partial charge is 0.411 e. The van der Waals surface area contributed by atoms with E-state index < -0.39 is 12.8 Å². The minimum Gasteiger partial charge on any atom is -0.370 e. The van der Waals surface area contributed by atoms with E-state index in [1.54, 1.807) is 0 Å². The number of alkyl halides is 3. The summed E-state index contributed by atoms with van der Waals surface area (Å²) in [6, 6.07) is -0.135. The first kappa shape index (κ1) is 18.7. The van der Waals surface area contributed by atoms with Crippen molar-refractivity contribution in [2.24, 2.45) is 5.92 Å². The highest BCUT2D eigenvalue weighted by Gasteiger charge is 2.49. The Labute approximate surface area is 125 Å². The van der Waals surface area contributed by atoms with Crippen LogP contribution in [0.15, 0.2) is 0 Å². The van der Waals surface area contributed by atoms with Gasteiger partial charge in [-0.05, 0) is 47.1 Å². The van der Waals surface area contributed by atoms with Crippen molar-refractivity contribution in [3.8, 4) is 0 Å². The predicted octanol–water partition coefficient (Wildman–Crippen LogP) is 3.53. The maximum absolute atomic E-state index is 12.2. The number of ether oxygens (including phenoxy) is 2. The maximum atomic E-state index is 12.2. The molecule has 2 atom stereocenters. The van der Waals surface area contributed by atoms with Crippen LogP contribution in [0.3, 0.4) is 0 Å². The molecule has 0 aromatic heterocycles. The van der Waals surface area contributed by atoms with Gasteiger partial charge in [-0.2, -0.15) is 13.2 Å². The Hall–Kier alpha value is -0.330. The lowest BCUT2D eigenvalue weighted by Crippen LogP contribution is -2.47. The molecular weight excluding hydrogens is 283 g/mol. The van der Waals surface area contributed by atoms with Crippen LogP contribution in [0.2, 0.25) is 0 Å². The molecule has 1 rings (SSSR count). The van der Waals surface area contributed by atoms with E-state index in [0.717, 1.165) is 19.4 Å². The second kappa shape index (κ2) is 6.84. The van der Waals surface area contributed by atoms with E-state index in [1.165, 1.54) is 0 Å². The molecule has 1 heterocycles. The summed E-state index contributed by atoms with van der Waals surface area (Å²) in [5.74, 6) is 0.118. The quantitative estimate of drug-likeness (QED) is 0.780. The van der Waals surface area contributed by atoms with Crippen molar-refractivity contribution in [1.82, 2.24) is 5.32 Å². The molecule has 0 spiro atoms. The van der Waals surface area contributed by atoms with Gasteiger partial charge < -0.3 is 14.8 Å². The van der Waals surface area contributed by atoms with Crippen LogP contribution in [0.25, 0.3) is 0 Å². The van der Waals surface area contributed by atoms with Gasteiger partial charge in [-0.1, -0.05) is 6.92 Å². The summed E-state index contributed by atoms with van der Waals surface area (Å²) < 4.78 is 47.6. The molecule has 0 saturated carbocycles. The number of nitrogens with one attached hydrogen (secondary N) is 1. The second-order valence-corrected chi connectivity index (χ2v) is 6.97. The first-order chi connectivity index (χ1) is 9.47. The third-order valence-electron chi connectivity index (χ3n) is 3.85. The van der Waals surface area contributed by atoms with Crippen molar-refractivity contribution >= 4 is 0 Å². The Morgan fingerprint density at radius 2 is 1.90 bits per heavy atom. The Balaban J connectivity index is 2.68. The standard InChI is InChI=1S/C15H28F3NO2/c1-6-7-19-12(9-20-10-15(16,17)18)11-8-13(2,3)21-14(11,4)5/h11-12,19H,6-10H2,1-5H3. The van der Waals surface area contributed by atoms with Crippen LogP contribution < -0.4 is 5.32 Å². The first-order valence-electron chi connectivity index (χ1n) is 7.55. The molecule has 1 saturated heterocycles. The second-order valence-electron chi connectivity index (χ2n) is 6.97. The molecule has 0 aliphatic carbocycles. The van der Waals surface area contributed by atoms with Gasteiger partial charge in [0.25, 0.3) is 0 Å². The van der Waals surface area contributed by atoms with Crippen LogP contribution in [-0.2, 0) is 9.47 Å². The smallest absolute Gasteiger partial charge is 0.370 e. The van der Waals surface area contributed by atoms with Gasteiger partial charge in [0.15, 0.2) is 0 Å². The summed E-state index contributed by atoms with van der Waals surface area (Å²) >= 11 is 0. The predicted molar refractivity (Wildman–Crippen MR) is 76.3 cm³/mol. The third kappa shape index (κ3) is 6.12. The number of rotatable bonds is 7. The zero-order chi connectivity index (χ0) is 16.3. The molecule has 1 N–H and O–H groups in total. The molecule has 2 unspecified atom stereocenters. The molecule has 1 aliphatic rings. The van der Waals surface area contributed by atoms with Crippen LogP contribution in [0.5, 0.6) is 0 Å². The van der Waals surface area contributed by atoms with Gasteiger partial charge in [0, 0.05) is 12.0 Å². The molecular formula is C15H28F3NO2. The van der Waals surface area contributed by atoms with E-state index in [0.29, 0.717) is 0 Å². The molecule has 126 valence electrons.